The Hall–Kier alpha value is -3.49. The van der Waals surface area contributed by atoms with Gasteiger partial charge in [0.2, 0.25) is 0 Å². The molecule has 9 nitrogen and oxygen atoms in total. The maximum Gasteiger partial charge on any atom is 0.341 e. The average Bonchev–Trinajstić information content (AvgIpc) is 2.54. The number of carboxylic acids is 1. The summed E-state index contributed by atoms with van der Waals surface area (Å²) in [6.07, 6.45) is 2.54. The summed E-state index contributed by atoms with van der Waals surface area (Å²) in [5, 5.41) is 23.1. The Labute approximate surface area is 130 Å². The molecule has 2 N–H and O–H groups in total. The lowest BCUT2D eigenvalue weighted by Gasteiger charge is -2.06. The van der Waals surface area contributed by atoms with Crippen LogP contribution in [0.5, 0.6) is 5.75 Å². The number of ether oxygens (including phenoxy) is 1. The molecule has 0 aliphatic heterocycles. The van der Waals surface area contributed by atoms with E-state index in [1.807, 2.05) is 0 Å². The fourth-order valence-electron chi connectivity index (χ4n) is 1.59. The summed E-state index contributed by atoms with van der Waals surface area (Å²) < 4.78 is 5.13. The molecule has 23 heavy (non-hydrogen) atoms. The molecule has 0 saturated heterocycles. The van der Waals surface area contributed by atoms with Crippen LogP contribution in [-0.4, -0.2) is 33.8 Å². The van der Waals surface area contributed by atoms with Crippen LogP contribution >= 0.6 is 0 Å². The first-order valence-electron chi connectivity index (χ1n) is 6.39. The molecule has 0 spiro atoms. The Morgan fingerprint density at radius 1 is 1.39 bits per heavy atom. The van der Waals surface area contributed by atoms with Crippen LogP contribution in [0.2, 0.25) is 0 Å². The van der Waals surface area contributed by atoms with Crippen LogP contribution in [0, 0.1) is 10.1 Å². The number of hydrogen-bond donors (Lipinski definition) is 2. The molecule has 0 bridgehead atoms. The number of aromatic nitrogens is 1. The number of hydrogen-bond acceptors (Lipinski definition) is 7. The Balaban J connectivity index is 2.02. The highest BCUT2D eigenvalue weighted by atomic mass is 16.6. The molecule has 118 valence electrons. The lowest BCUT2D eigenvalue weighted by molar-refractivity contribution is -0.385. The second-order valence-electron chi connectivity index (χ2n) is 4.25. The minimum absolute atomic E-state index is 0.119. The van der Waals surface area contributed by atoms with Crippen LogP contribution in [0.15, 0.2) is 47.7 Å². The number of rotatable bonds is 7. The molecular formula is C14H12N4O5. The second-order valence-corrected chi connectivity index (χ2v) is 4.25. The Morgan fingerprint density at radius 3 is 2.83 bits per heavy atom. The molecule has 0 aliphatic rings. The average molecular weight is 316 g/mol. The first-order valence-corrected chi connectivity index (χ1v) is 6.39. The van der Waals surface area contributed by atoms with Gasteiger partial charge in [0.05, 0.1) is 11.1 Å². The van der Waals surface area contributed by atoms with Gasteiger partial charge < -0.3 is 9.84 Å². The normalized spacial score (nSPS) is 10.4. The predicted molar refractivity (Wildman–Crippen MR) is 81.7 cm³/mol. The minimum Gasteiger partial charge on any atom is -0.481 e. The first-order chi connectivity index (χ1) is 11.1. The zero-order chi connectivity index (χ0) is 16.7. The summed E-state index contributed by atoms with van der Waals surface area (Å²) in [7, 11) is 0. The van der Waals surface area contributed by atoms with Gasteiger partial charge >= 0.3 is 5.97 Å². The number of nitrogens with one attached hydrogen (secondary N) is 1. The standard InChI is InChI=1S/C14H12N4O5/c19-14(20)9-23-12-4-2-1-3-10(12)7-16-17-13-6-5-11(8-15-13)18(21)22/h1-8H,9H2,(H,15,17)(H,19,20)/b16-7+. The zero-order valence-electron chi connectivity index (χ0n) is 11.7. The zero-order valence-corrected chi connectivity index (χ0v) is 11.7. The Morgan fingerprint density at radius 2 is 2.17 bits per heavy atom. The molecule has 9 heteroatoms. The second kappa shape index (κ2) is 7.50. The van der Waals surface area contributed by atoms with Crippen LogP contribution in [0.4, 0.5) is 11.5 Å². The number of carboxylic acid groups (broad SMARTS) is 1. The molecule has 0 unspecified atom stereocenters. The summed E-state index contributed by atoms with van der Waals surface area (Å²) >= 11 is 0. The molecule has 2 rings (SSSR count). The van der Waals surface area contributed by atoms with Gasteiger partial charge in [-0.25, -0.2) is 9.78 Å². The van der Waals surface area contributed by atoms with E-state index in [-0.39, 0.29) is 5.69 Å². The van der Waals surface area contributed by atoms with E-state index in [0.29, 0.717) is 17.1 Å². The van der Waals surface area contributed by atoms with E-state index in [1.54, 1.807) is 24.3 Å². The minimum atomic E-state index is -1.08. The quantitative estimate of drug-likeness (QED) is 0.453. The molecule has 2 aromatic rings. The van der Waals surface area contributed by atoms with Crippen molar-refractivity contribution in [3.8, 4) is 5.75 Å². The van der Waals surface area contributed by atoms with E-state index < -0.39 is 17.5 Å². The molecule has 1 heterocycles. The van der Waals surface area contributed by atoms with Crippen molar-refractivity contribution < 1.29 is 19.6 Å². The van der Waals surface area contributed by atoms with E-state index in [4.69, 9.17) is 9.84 Å². The van der Waals surface area contributed by atoms with Gasteiger partial charge in [0, 0.05) is 11.6 Å². The molecule has 1 aromatic carbocycles. The van der Waals surface area contributed by atoms with Crippen molar-refractivity contribution >= 4 is 23.7 Å². The van der Waals surface area contributed by atoms with Gasteiger partial charge in [-0.05, 0) is 18.2 Å². The Kier molecular flexibility index (Phi) is 5.18. The van der Waals surface area contributed by atoms with Crippen molar-refractivity contribution in [1.82, 2.24) is 4.98 Å². The van der Waals surface area contributed by atoms with Gasteiger partial charge in [0.15, 0.2) is 6.61 Å². The van der Waals surface area contributed by atoms with Crippen LogP contribution < -0.4 is 10.2 Å². The summed E-state index contributed by atoms with van der Waals surface area (Å²) in [5.74, 6) is -0.377. The van der Waals surface area contributed by atoms with Crippen molar-refractivity contribution in [3.63, 3.8) is 0 Å². The third-order valence-corrected chi connectivity index (χ3v) is 2.61. The van der Waals surface area contributed by atoms with E-state index >= 15 is 0 Å². The molecule has 1 aromatic heterocycles. The van der Waals surface area contributed by atoms with Crippen molar-refractivity contribution in [1.29, 1.82) is 0 Å². The third kappa shape index (κ3) is 4.77. The van der Waals surface area contributed by atoms with Crippen molar-refractivity contribution in [2.75, 3.05) is 12.0 Å². The van der Waals surface area contributed by atoms with Crippen LogP contribution in [0.25, 0.3) is 0 Å². The van der Waals surface area contributed by atoms with Gasteiger partial charge in [-0.15, -0.1) is 0 Å². The molecule has 0 aliphatic carbocycles. The smallest absolute Gasteiger partial charge is 0.341 e. The molecule has 0 radical (unpaired) electrons. The van der Waals surface area contributed by atoms with E-state index in [1.165, 1.54) is 18.3 Å². The molecule has 0 saturated carbocycles. The Bertz CT molecular complexity index is 730. The summed E-state index contributed by atoms with van der Waals surface area (Å²) in [4.78, 5) is 24.3. The number of benzene rings is 1. The monoisotopic (exact) mass is 316 g/mol. The summed E-state index contributed by atoms with van der Waals surface area (Å²) in [6.45, 7) is -0.456. The number of hydrazone groups is 1. The summed E-state index contributed by atoms with van der Waals surface area (Å²) in [5.41, 5.74) is 3.07. The number of aliphatic carboxylic acids is 1. The van der Waals surface area contributed by atoms with Crippen LogP contribution in [0.1, 0.15) is 5.56 Å². The maximum atomic E-state index is 10.5. The van der Waals surface area contributed by atoms with Crippen LogP contribution in [-0.2, 0) is 4.79 Å². The van der Waals surface area contributed by atoms with Gasteiger partial charge in [0.1, 0.15) is 17.8 Å². The molecular weight excluding hydrogens is 304 g/mol. The lowest BCUT2D eigenvalue weighted by Crippen LogP contribution is -2.10. The van der Waals surface area contributed by atoms with Gasteiger partial charge in [-0.3, -0.25) is 15.5 Å². The molecule has 0 atom stereocenters. The van der Waals surface area contributed by atoms with Crippen molar-refractivity contribution in [3.05, 3.63) is 58.3 Å². The number of carbonyl (C=O) groups is 1. The first kappa shape index (κ1) is 15.9. The third-order valence-electron chi connectivity index (χ3n) is 2.61. The van der Waals surface area contributed by atoms with Gasteiger partial charge in [-0.1, -0.05) is 12.1 Å². The number of nitro groups is 1. The predicted octanol–water partition coefficient (Wildman–Crippen LogP) is 1.90. The molecule has 0 amide bonds. The van der Waals surface area contributed by atoms with Crippen molar-refractivity contribution in [2.45, 2.75) is 0 Å². The van der Waals surface area contributed by atoms with E-state index in [9.17, 15) is 14.9 Å². The van der Waals surface area contributed by atoms with Crippen LogP contribution in [0.3, 0.4) is 0 Å². The number of pyridine rings is 1. The highest BCUT2D eigenvalue weighted by Crippen LogP contribution is 2.16. The largest absolute Gasteiger partial charge is 0.481 e. The fourth-order valence-corrected chi connectivity index (χ4v) is 1.59. The number of para-hydroxylation sites is 1. The number of anilines is 1. The van der Waals surface area contributed by atoms with E-state index in [2.05, 4.69) is 15.5 Å². The topological polar surface area (TPSA) is 127 Å². The SMILES string of the molecule is O=C(O)COc1ccccc1/C=N/Nc1ccc([N+](=O)[O-])cn1. The number of nitrogens with zero attached hydrogens (tertiary/aromatic N) is 3. The highest BCUT2D eigenvalue weighted by molar-refractivity contribution is 5.84. The van der Waals surface area contributed by atoms with Crippen molar-refractivity contribution in [2.24, 2.45) is 5.10 Å². The molecule has 0 fully saturated rings. The summed E-state index contributed by atoms with van der Waals surface area (Å²) in [6, 6.07) is 9.50. The lowest BCUT2D eigenvalue weighted by atomic mass is 10.2. The van der Waals surface area contributed by atoms with Gasteiger partial charge in [-0.2, -0.15) is 5.10 Å². The fraction of sp³-hybridized carbons (Fsp3) is 0.0714. The maximum absolute atomic E-state index is 10.5. The van der Waals surface area contributed by atoms with Gasteiger partial charge in [0.25, 0.3) is 5.69 Å². The highest BCUT2D eigenvalue weighted by Gasteiger charge is 2.05. The van der Waals surface area contributed by atoms with E-state index in [0.717, 1.165) is 6.20 Å².